The van der Waals surface area contributed by atoms with Gasteiger partial charge in [-0.15, -0.1) is 5.10 Å². The van der Waals surface area contributed by atoms with Crippen molar-refractivity contribution >= 4 is 17.4 Å². The van der Waals surface area contributed by atoms with Crippen LogP contribution in [0.2, 0.25) is 0 Å². The van der Waals surface area contributed by atoms with Gasteiger partial charge in [0.2, 0.25) is 0 Å². The van der Waals surface area contributed by atoms with Crippen LogP contribution in [0.1, 0.15) is 10.5 Å². The summed E-state index contributed by atoms with van der Waals surface area (Å²) in [5.74, 6) is -0.0398. The Bertz CT molecular complexity index is 465. The summed E-state index contributed by atoms with van der Waals surface area (Å²) < 4.78 is 0. The van der Waals surface area contributed by atoms with Gasteiger partial charge in [-0.25, -0.2) is 0 Å². The fraction of sp³-hybridized carbons (Fsp3) is 0. The minimum absolute atomic E-state index is 0.209. The van der Waals surface area contributed by atoms with E-state index >= 15 is 0 Å². The second-order valence-corrected chi connectivity index (χ2v) is 2.76. The van der Waals surface area contributed by atoms with Gasteiger partial charge in [0.25, 0.3) is 5.91 Å². The van der Waals surface area contributed by atoms with E-state index in [1.54, 1.807) is 12.1 Å². The van der Waals surface area contributed by atoms with E-state index in [1.165, 1.54) is 12.4 Å². The van der Waals surface area contributed by atoms with Crippen LogP contribution in [-0.2, 0) is 0 Å². The van der Waals surface area contributed by atoms with Crippen molar-refractivity contribution in [3.05, 3.63) is 30.2 Å². The highest BCUT2D eigenvalue weighted by molar-refractivity contribution is 6.05. The van der Waals surface area contributed by atoms with E-state index in [-0.39, 0.29) is 11.4 Å². The van der Waals surface area contributed by atoms with Crippen molar-refractivity contribution in [1.82, 2.24) is 20.4 Å². The Morgan fingerprint density at radius 3 is 3.00 bits per heavy atom. The van der Waals surface area contributed by atoms with Gasteiger partial charge in [-0.05, 0) is 12.1 Å². The van der Waals surface area contributed by atoms with Crippen LogP contribution in [0.25, 0.3) is 0 Å². The van der Waals surface area contributed by atoms with E-state index in [9.17, 15) is 4.79 Å². The molecule has 7 heteroatoms. The first-order chi connectivity index (χ1) is 7.27. The molecule has 7 nitrogen and oxygen atoms in total. The van der Waals surface area contributed by atoms with Crippen LogP contribution < -0.4 is 11.1 Å². The van der Waals surface area contributed by atoms with Crippen molar-refractivity contribution in [2.24, 2.45) is 0 Å². The maximum atomic E-state index is 11.6. The van der Waals surface area contributed by atoms with Crippen LogP contribution in [0.3, 0.4) is 0 Å². The van der Waals surface area contributed by atoms with Crippen LogP contribution in [0.5, 0.6) is 0 Å². The van der Waals surface area contributed by atoms with Crippen molar-refractivity contribution < 1.29 is 4.79 Å². The SMILES string of the molecule is Nc1cn[nH]c1C(=O)Nc1cccnn1. The Labute approximate surface area is 84.7 Å². The van der Waals surface area contributed by atoms with E-state index < -0.39 is 5.91 Å². The predicted octanol–water partition coefficient (Wildman–Crippen LogP) is 0.0342. The summed E-state index contributed by atoms with van der Waals surface area (Å²) in [5, 5.41) is 16.0. The molecule has 4 N–H and O–H groups in total. The highest BCUT2D eigenvalue weighted by Gasteiger charge is 2.11. The van der Waals surface area contributed by atoms with Crippen LogP contribution >= 0.6 is 0 Å². The Morgan fingerprint density at radius 1 is 1.53 bits per heavy atom. The monoisotopic (exact) mass is 204 g/mol. The molecule has 2 aromatic rings. The molecule has 1 amide bonds. The van der Waals surface area contributed by atoms with Crippen LogP contribution in [-0.4, -0.2) is 26.3 Å². The number of H-pyrrole nitrogens is 1. The standard InChI is InChI=1S/C8H8N6O/c9-5-4-11-14-7(5)8(15)12-6-2-1-3-10-13-6/h1-4H,9H2,(H,11,14)(H,12,13,15). The van der Waals surface area contributed by atoms with Crippen LogP contribution in [0, 0.1) is 0 Å². The van der Waals surface area contributed by atoms with E-state index in [2.05, 4.69) is 25.7 Å². The summed E-state index contributed by atoms with van der Waals surface area (Å²) >= 11 is 0. The smallest absolute Gasteiger partial charge is 0.277 e. The number of rotatable bonds is 2. The molecule has 0 radical (unpaired) electrons. The number of carbonyl (C=O) groups is 1. The van der Waals surface area contributed by atoms with E-state index in [0.29, 0.717) is 5.82 Å². The first-order valence-corrected chi connectivity index (χ1v) is 4.15. The van der Waals surface area contributed by atoms with Crippen LogP contribution in [0.4, 0.5) is 11.5 Å². The first kappa shape index (κ1) is 9.13. The van der Waals surface area contributed by atoms with Gasteiger partial charge in [0.15, 0.2) is 5.82 Å². The molecule has 0 saturated heterocycles. The Kier molecular flexibility index (Phi) is 2.28. The van der Waals surface area contributed by atoms with E-state index in [4.69, 9.17) is 5.73 Å². The lowest BCUT2D eigenvalue weighted by atomic mass is 10.3. The van der Waals surface area contributed by atoms with Crippen molar-refractivity contribution in [2.45, 2.75) is 0 Å². The van der Waals surface area contributed by atoms with Crippen molar-refractivity contribution in [3.8, 4) is 0 Å². The Hall–Kier alpha value is -2.44. The highest BCUT2D eigenvalue weighted by Crippen LogP contribution is 2.08. The fourth-order valence-electron chi connectivity index (χ4n) is 1.02. The lowest BCUT2D eigenvalue weighted by molar-refractivity contribution is 0.102. The number of aromatic nitrogens is 4. The molecule has 15 heavy (non-hydrogen) atoms. The third kappa shape index (κ3) is 1.90. The molecule has 2 heterocycles. The summed E-state index contributed by atoms with van der Waals surface area (Å²) in [4.78, 5) is 11.6. The van der Waals surface area contributed by atoms with Gasteiger partial charge in [0.1, 0.15) is 5.69 Å². The number of anilines is 2. The number of nitrogen functional groups attached to an aromatic ring is 1. The van der Waals surface area contributed by atoms with Gasteiger partial charge in [-0.3, -0.25) is 9.89 Å². The molecule has 0 atom stereocenters. The minimum atomic E-state index is -0.398. The average molecular weight is 204 g/mol. The average Bonchev–Trinajstić information content (AvgIpc) is 2.66. The van der Waals surface area contributed by atoms with E-state index in [0.717, 1.165) is 0 Å². The number of nitrogens with zero attached hydrogens (tertiary/aromatic N) is 3. The van der Waals surface area contributed by atoms with Gasteiger partial charge in [0, 0.05) is 6.20 Å². The zero-order valence-electron chi connectivity index (χ0n) is 7.64. The number of carbonyl (C=O) groups excluding carboxylic acids is 1. The van der Waals surface area contributed by atoms with Gasteiger partial charge in [-0.1, -0.05) is 0 Å². The van der Waals surface area contributed by atoms with Gasteiger partial charge in [-0.2, -0.15) is 10.2 Å². The van der Waals surface area contributed by atoms with Crippen LogP contribution in [0.15, 0.2) is 24.5 Å². The lowest BCUT2D eigenvalue weighted by Gasteiger charge is -2.01. The number of amides is 1. The van der Waals surface area contributed by atoms with E-state index in [1.807, 2.05) is 0 Å². The molecule has 0 aliphatic carbocycles. The van der Waals surface area contributed by atoms with Gasteiger partial charge < -0.3 is 11.1 Å². The van der Waals surface area contributed by atoms with Crippen molar-refractivity contribution in [2.75, 3.05) is 11.1 Å². The summed E-state index contributed by atoms with van der Waals surface area (Å²) in [6.07, 6.45) is 2.88. The zero-order chi connectivity index (χ0) is 10.7. The third-order valence-corrected chi connectivity index (χ3v) is 1.71. The molecular weight excluding hydrogens is 196 g/mol. The number of hydrogen-bond donors (Lipinski definition) is 3. The minimum Gasteiger partial charge on any atom is -0.396 e. The number of nitrogens with one attached hydrogen (secondary N) is 2. The molecule has 0 aliphatic heterocycles. The van der Waals surface area contributed by atoms with Gasteiger partial charge in [0.05, 0.1) is 11.9 Å². The zero-order valence-corrected chi connectivity index (χ0v) is 7.64. The molecule has 0 aliphatic rings. The Balaban J connectivity index is 2.15. The summed E-state index contributed by atoms with van der Waals surface area (Å²) in [5.41, 5.74) is 6.00. The number of aromatic amines is 1. The molecule has 0 unspecified atom stereocenters. The lowest BCUT2D eigenvalue weighted by Crippen LogP contribution is -2.15. The Morgan fingerprint density at radius 2 is 2.40 bits per heavy atom. The maximum absolute atomic E-state index is 11.6. The second-order valence-electron chi connectivity index (χ2n) is 2.76. The molecule has 76 valence electrons. The molecule has 0 fully saturated rings. The summed E-state index contributed by atoms with van der Waals surface area (Å²) in [6, 6.07) is 3.29. The highest BCUT2D eigenvalue weighted by atomic mass is 16.2. The largest absolute Gasteiger partial charge is 0.396 e. The van der Waals surface area contributed by atoms with Crippen molar-refractivity contribution in [1.29, 1.82) is 0 Å². The summed E-state index contributed by atoms with van der Waals surface area (Å²) in [7, 11) is 0. The molecule has 0 saturated carbocycles. The number of nitrogens with two attached hydrogens (primary N) is 1. The number of hydrogen-bond acceptors (Lipinski definition) is 5. The molecule has 2 aromatic heterocycles. The molecule has 0 spiro atoms. The summed E-state index contributed by atoms with van der Waals surface area (Å²) in [6.45, 7) is 0. The predicted molar refractivity (Wildman–Crippen MR) is 53.0 cm³/mol. The molecule has 0 aromatic carbocycles. The second kappa shape index (κ2) is 3.74. The topological polar surface area (TPSA) is 110 Å². The molecule has 2 rings (SSSR count). The normalized spacial score (nSPS) is 9.87. The first-order valence-electron chi connectivity index (χ1n) is 4.15. The quantitative estimate of drug-likeness (QED) is 0.639. The molecular formula is C8H8N6O. The fourth-order valence-corrected chi connectivity index (χ4v) is 1.02. The van der Waals surface area contributed by atoms with Crippen molar-refractivity contribution in [3.63, 3.8) is 0 Å². The maximum Gasteiger partial charge on any atom is 0.277 e. The molecule has 0 bridgehead atoms. The van der Waals surface area contributed by atoms with Gasteiger partial charge >= 0.3 is 0 Å². The third-order valence-electron chi connectivity index (χ3n) is 1.71.